The van der Waals surface area contributed by atoms with Crippen LogP contribution in [-0.4, -0.2) is 82.0 Å². The Kier molecular flexibility index (Phi) is 9.31. The van der Waals surface area contributed by atoms with Gasteiger partial charge in [0, 0.05) is 13.0 Å². The molecule has 0 radical (unpaired) electrons. The van der Waals surface area contributed by atoms with Crippen LogP contribution in [0.4, 0.5) is 4.79 Å². The zero-order chi connectivity index (χ0) is 27.3. The number of nitrogens with one attached hydrogen (secondary N) is 2. The fourth-order valence-corrected chi connectivity index (χ4v) is 4.03. The third kappa shape index (κ3) is 7.33. The number of aliphatic hydroxyl groups excluding tert-OH is 1. The van der Waals surface area contributed by atoms with Gasteiger partial charge in [-0.05, 0) is 65.2 Å². The number of carboxylic acid groups (broad SMARTS) is 1. The molecule has 36 heavy (non-hydrogen) atoms. The van der Waals surface area contributed by atoms with Crippen LogP contribution in [0.25, 0.3) is 0 Å². The van der Waals surface area contributed by atoms with Crippen molar-refractivity contribution in [3.8, 4) is 5.75 Å². The lowest BCUT2D eigenvalue weighted by molar-refractivity contribution is -0.156. The van der Waals surface area contributed by atoms with Crippen LogP contribution < -0.4 is 15.4 Å². The summed E-state index contributed by atoms with van der Waals surface area (Å²) in [5.41, 5.74) is -1.54. The van der Waals surface area contributed by atoms with Gasteiger partial charge < -0.3 is 35.2 Å². The molecule has 200 valence electrons. The van der Waals surface area contributed by atoms with Crippen LogP contribution in [0.5, 0.6) is 5.75 Å². The molecule has 4 N–H and O–H groups in total. The highest BCUT2D eigenvalue weighted by Gasteiger charge is 2.48. The van der Waals surface area contributed by atoms with Crippen molar-refractivity contribution < 1.29 is 38.9 Å². The molecule has 11 heteroatoms. The van der Waals surface area contributed by atoms with Crippen molar-refractivity contribution in [2.45, 2.75) is 83.2 Å². The Morgan fingerprint density at radius 3 is 2.25 bits per heavy atom. The quantitative estimate of drug-likeness (QED) is 0.392. The van der Waals surface area contributed by atoms with Gasteiger partial charge in [0.25, 0.3) is 0 Å². The molecular weight excluding hydrogens is 470 g/mol. The molecule has 0 spiro atoms. The summed E-state index contributed by atoms with van der Waals surface area (Å²) < 4.78 is 10.3. The van der Waals surface area contributed by atoms with Crippen molar-refractivity contribution in [3.05, 3.63) is 29.8 Å². The Balaban J connectivity index is 2.31. The molecule has 1 saturated heterocycles. The minimum Gasteiger partial charge on any atom is -0.497 e. The average molecular weight is 508 g/mol. The second-order valence-corrected chi connectivity index (χ2v) is 10.2. The molecule has 2 unspecified atom stereocenters. The molecule has 3 amide bonds. The Morgan fingerprint density at radius 1 is 1.14 bits per heavy atom. The number of carbonyl (C=O) groups excluding carboxylic acids is 3. The van der Waals surface area contributed by atoms with Crippen LogP contribution in [0.3, 0.4) is 0 Å². The third-order valence-electron chi connectivity index (χ3n) is 6.02. The summed E-state index contributed by atoms with van der Waals surface area (Å²) in [6, 6.07) is 4.32. The molecule has 0 saturated carbocycles. The van der Waals surface area contributed by atoms with Gasteiger partial charge in [-0.2, -0.15) is 0 Å². The summed E-state index contributed by atoms with van der Waals surface area (Å²) >= 11 is 0. The second kappa shape index (κ2) is 11.6. The van der Waals surface area contributed by atoms with E-state index in [1.165, 1.54) is 25.9 Å². The fourth-order valence-electron chi connectivity index (χ4n) is 4.03. The number of amides is 3. The number of ether oxygens (including phenoxy) is 2. The van der Waals surface area contributed by atoms with Gasteiger partial charge in [-0.1, -0.05) is 12.1 Å². The summed E-state index contributed by atoms with van der Waals surface area (Å²) in [6.45, 7) is 8.00. The van der Waals surface area contributed by atoms with Gasteiger partial charge in [-0.15, -0.1) is 0 Å². The van der Waals surface area contributed by atoms with Gasteiger partial charge in [0.1, 0.15) is 29.0 Å². The summed E-state index contributed by atoms with van der Waals surface area (Å²) in [6.07, 6.45) is -1.35. The van der Waals surface area contributed by atoms with Crippen molar-refractivity contribution in [3.63, 3.8) is 0 Å². The highest BCUT2D eigenvalue weighted by atomic mass is 16.6. The summed E-state index contributed by atoms with van der Waals surface area (Å²) in [5.74, 6) is -1.89. The Labute approximate surface area is 211 Å². The first kappa shape index (κ1) is 28.9. The minimum absolute atomic E-state index is 0.0553. The van der Waals surface area contributed by atoms with Gasteiger partial charge in [-0.3, -0.25) is 9.59 Å². The number of alkyl carbamates (subject to hydrolysis) is 1. The van der Waals surface area contributed by atoms with Crippen molar-refractivity contribution >= 4 is 23.9 Å². The highest BCUT2D eigenvalue weighted by molar-refractivity contribution is 5.94. The van der Waals surface area contributed by atoms with Crippen molar-refractivity contribution in [2.24, 2.45) is 0 Å². The number of methoxy groups -OCH3 is 1. The number of rotatable bonds is 9. The number of likely N-dealkylation sites (tertiary alicyclic amines) is 1. The van der Waals surface area contributed by atoms with E-state index in [2.05, 4.69) is 10.6 Å². The molecule has 1 aliphatic rings. The SMILES string of the molecule is COc1ccc(CC(NC(=O)[C@@H](NC(=O)OC(C)(C)C)[C@@H](C)O)C(=O)N2CCCC2(C)C(=O)O)cc1. The van der Waals surface area contributed by atoms with Crippen molar-refractivity contribution in [1.82, 2.24) is 15.5 Å². The average Bonchev–Trinajstić information content (AvgIpc) is 3.18. The van der Waals surface area contributed by atoms with E-state index in [0.29, 0.717) is 17.7 Å². The second-order valence-electron chi connectivity index (χ2n) is 10.2. The lowest BCUT2D eigenvalue weighted by atomic mass is 9.97. The largest absolute Gasteiger partial charge is 0.497 e. The summed E-state index contributed by atoms with van der Waals surface area (Å²) in [4.78, 5) is 52.2. The van der Waals surface area contributed by atoms with E-state index in [0.717, 1.165) is 0 Å². The zero-order valence-corrected chi connectivity index (χ0v) is 21.7. The molecule has 0 aliphatic carbocycles. The topological polar surface area (TPSA) is 154 Å². The monoisotopic (exact) mass is 507 g/mol. The fraction of sp³-hybridized carbons (Fsp3) is 0.600. The van der Waals surface area contributed by atoms with Gasteiger partial charge >= 0.3 is 12.1 Å². The highest BCUT2D eigenvalue weighted by Crippen LogP contribution is 2.30. The molecule has 11 nitrogen and oxygen atoms in total. The van der Waals surface area contributed by atoms with E-state index in [-0.39, 0.29) is 19.4 Å². The molecular formula is C25H37N3O8. The predicted octanol–water partition coefficient (Wildman–Crippen LogP) is 1.46. The van der Waals surface area contributed by atoms with Crippen LogP contribution in [-0.2, 0) is 25.5 Å². The molecule has 1 aliphatic heterocycles. The number of aliphatic carboxylic acids is 1. The number of nitrogens with zero attached hydrogens (tertiary/aromatic N) is 1. The van der Waals surface area contributed by atoms with E-state index >= 15 is 0 Å². The first-order valence-corrected chi connectivity index (χ1v) is 11.8. The van der Waals surface area contributed by atoms with E-state index < -0.39 is 53.2 Å². The number of hydrogen-bond acceptors (Lipinski definition) is 7. The minimum atomic E-state index is -1.41. The van der Waals surface area contributed by atoms with Crippen LogP contribution in [0, 0.1) is 0 Å². The smallest absolute Gasteiger partial charge is 0.408 e. The van der Waals surface area contributed by atoms with E-state index in [1.54, 1.807) is 45.0 Å². The predicted molar refractivity (Wildman–Crippen MR) is 130 cm³/mol. The van der Waals surface area contributed by atoms with Crippen LogP contribution in [0.2, 0.25) is 0 Å². The summed E-state index contributed by atoms with van der Waals surface area (Å²) in [7, 11) is 1.52. The van der Waals surface area contributed by atoms with Crippen LogP contribution >= 0.6 is 0 Å². The van der Waals surface area contributed by atoms with Gasteiger partial charge in [-0.25, -0.2) is 9.59 Å². The first-order valence-electron chi connectivity index (χ1n) is 11.8. The van der Waals surface area contributed by atoms with Crippen LogP contribution in [0.1, 0.15) is 53.0 Å². The number of aliphatic hydroxyl groups is 1. The molecule has 1 heterocycles. The molecule has 4 atom stereocenters. The maximum atomic E-state index is 13.6. The standard InChI is InChI=1S/C25H37N3O8/c1-15(29)19(27-23(34)36-24(2,3)4)20(30)26-18(14-16-8-10-17(35-6)11-9-16)21(31)28-13-7-12-25(28,5)22(32)33/h8-11,15,18-19,29H,7,12-14H2,1-6H3,(H,26,30)(H,27,34)(H,32,33)/t15-,18?,19+,25?/m1/s1. The van der Waals surface area contributed by atoms with E-state index in [9.17, 15) is 29.4 Å². The normalized spacial score (nSPS) is 20.1. The maximum absolute atomic E-state index is 13.6. The van der Waals surface area contributed by atoms with Gasteiger partial charge in [0.15, 0.2) is 0 Å². The number of carbonyl (C=O) groups is 4. The molecule has 1 aromatic carbocycles. The maximum Gasteiger partial charge on any atom is 0.408 e. The van der Waals surface area contributed by atoms with Gasteiger partial charge in [0.2, 0.25) is 11.8 Å². The lowest BCUT2D eigenvalue weighted by Gasteiger charge is -2.35. The van der Waals surface area contributed by atoms with E-state index in [1.807, 2.05) is 0 Å². The molecule has 0 bridgehead atoms. The zero-order valence-electron chi connectivity index (χ0n) is 21.7. The molecule has 2 rings (SSSR count). The van der Waals surface area contributed by atoms with Crippen molar-refractivity contribution in [2.75, 3.05) is 13.7 Å². The molecule has 1 fully saturated rings. The number of carboxylic acids is 1. The summed E-state index contributed by atoms with van der Waals surface area (Å²) in [5, 5.41) is 24.9. The number of hydrogen-bond donors (Lipinski definition) is 4. The van der Waals surface area contributed by atoms with Crippen molar-refractivity contribution in [1.29, 1.82) is 0 Å². The Hall–Kier alpha value is -3.34. The number of benzene rings is 1. The Bertz CT molecular complexity index is 957. The Morgan fingerprint density at radius 2 is 1.75 bits per heavy atom. The third-order valence-corrected chi connectivity index (χ3v) is 6.02. The molecule has 0 aromatic heterocycles. The van der Waals surface area contributed by atoms with Gasteiger partial charge in [0.05, 0.1) is 13.2 Å². The van der Waals surface area contributed by atoms with E-state index in [4.69, 9.17) is 9.47 Å². The lowest BCUT2D eigenvalue weighted by Crippen LogP contribution is -2.61. The molecule has 1 aromatic rings. The van der Waals surface area contributed by atoms with Crippen LogP contribution in [0.15, 0.2) is 24.3 Å². The first-order chi connectivity index (χ1) is 16.7.